The number of rotatable bonds is 10. The topological polar surface area (TPSA) is 127 Å². The zero-order valence-corrected chi connectivity index (χ0v) is 28.6. The van der Waals surface area contributed by atoms with E-state index in [2.05, 4.69) is 9.88 Å². The second-order valence-corrected chi connectivity index (χ2v) is 14.0. The highest BCUT2D eigenvalue weighted by Crippen LogP contribution is 2.46. The molecule has 248 valence electrons. The molecule has 2 N–H and O–H groups in total. The highest BCUT2D eigenvalue weighted by atomic mass is 35.5. The van der Waals surface area contributed by atoms with Crippen molar-refractivity contribution < 1.29 is 23.9 Å². The normalized spacial score (nSPS) is 21.9. The van der Waals surface area contributed by atoms with Crippen molar-refractivity contribution in [3.05, 3.63) is 61.7 Å². The van der Waals surface area contributed by atoms with Gasteiger partial charge in [0.2, 0.25) is 5.91 Å². The van der Waals surface area contributed by atoms with Crippen LogP contribution in [0, 0.1) is 5.92 Å². The molecular weight excluding hydrogens is 649 g/mol. The van der Waals surface area contributed by atoms with Crippen LogP contribution in [0.2, 0.25) is 10.0 Å². The minimum atomic E-state index is -1.03. The SMILES string of the molecule is COC(=O)C1=C(CC(=O)N2CCN(CC3(N)CCCCC3)CC2)N=C(CCc2nccs2)C(C(=O)OC)C1c1c(Cl)cccc1Cl. The summed E-state index contributed by atoms with van der Waals surface area (Å²) in [6.45, 7) is 3.35. The quantitative estimate of drug-likeness (QED) is 0.344. The fourth-order valence-corrected chi connectivity index (χ4v) is 8.19. The van der Waals surface area contributed by atoms with Gasteiger partial charge in [-0.05, 0) is 37.0 Å². The van der Waals surface area contributed by atoms with Crippen molar-refractivity contribution in [3.8, 4) is 0 Å². The molecule has 3 heterocycles. The van der Waals surface area contributed by atoms with Gasteiger partial charge in [-0.25, -0.2) is 9.78 Å². The lowest BCUT2D eigenvalue weighted by atomic mass is 9.74. The van der Waals surface area contributed by atoms with Gasteiger partial charge in [0.1, 0.15) is 5.92 Å². The molecule has 2 atom stereocenters. The van der Waals surface area contributed by atoms with Crippen LogP contribution >= 0.6 is 34.5 Å². The zero-order valence-electron chi connectivity index (χ0n) is 26.3. The number of hydrogen-bond acceptors (Lipinski definition) is 10. The zero-order chi connectivity index (χ0) is 32.8. The summed E-state index contributed by atoms with van der Waals surface area (Å²) in [5, 5.41) is 3.28. The number of thiazole rings is 1. The predicted octanol–water partition coefficient (Wildman–Crippen LogP) is 5.03. The number of nitrogens with zero attached hydrogens (tertiary/aromatic N) is 4. The maximum Gasteiger partial charge on any atom is 0.336 e. The van der Waals surface area contributed by atoms with Crippen LogP contribution in [0.4, 0.5) is 0 Å². The molecular formula is C33H41Cl2N5O5S. The number of aromatic nitrogens is 1. The first-order chi connectivity index (χ1) is 22.1. The van der Waals surface area contributed by atoms with Gasteiger partial charge < -0.3 is 20.1 Å². The Kier molecular flexibility index (Phi) is 11.5. The molecule has 46 heavy (non-hydrogen) atoms. The van der Waals surface area contributed by atoms with E-state index in [1.807, 2.05) is 5.38 Å². The number of carbonyl (C=O) groups is 3. The first-order valence-electron chi connectivity index (χ1n) is 15.7. The first kappa shape index (κ1) is 34.5. The standard InChI is InChI=1S/C33H41Cl2N5O5S/c1-44-31(42)28-23(9-10-25-37-13-18-46-25)38-24(29(32(43)45-2)30(28)27-21(34)7-6-8-22(27)35)19-26(41)40-16-14-39(15-17-40)20-33(36)11-4-3-5-12-33/h6-8,13,18,28,30H,3-5,9-12,14-17,19-20,36H2,1-2H3. The third-order valence-electron chi connectivity index (χ3n) is 9.27. The molecule has 3 aliphatic rings. The number of hydrogen-bond donors (Lipinski definition) is 1. The van der Waals surface area contributed by atoms with E-state index in [9.17, 15) is 14.4 Å². The molecule has 13 heteroatoms. The molecule has 1 amide bonds. The Balaban J connectivity index is 1.47. The van der Waals surface area contributed by atoms with Gasteiger partial charge in [-0.3, -0.25) is 19.5 Å². The number of esters is 2. The Hall–Kier alpha value is -2.83. The summed E-state index contributed by atoms with van der Waals surface area (Å²) < 4.78 is 10.5. The summed E-state index contributed by atoms with van der Waals surface area (Å²) in [4.78, 5) is 54.3. The molecule has 1 aliphatic carbocycles. The Labute approximate surface area is 283 Å². The van der Waals surface area contributed by atoms with Gasteiger partial charge in [0, 0.05) is 77.9 Å². The Morgan fingerprint density at radius 2 is 1.72 bits per heavy atom. The summed E-state index contributed by atoms with van der Waals surface area (Å²) >= 11 is 14.9. The second-order valence-electron chi connectivity index (χ2n) is 12.3. The molecule has 1 saturated carbocycles. The van der Waals surface area contributed by atoms with Gasteiger partial charge >= 0.3 is 11.9 Å². The third kappa shape index (κ3) is 7.82. The number of carbonyl (C=O) groups excluding carboxylic acids is 3. The molecule has 1 aromatic carbocycles. The van der Waals surface area contributed by atoms with Crippen molar-refractivity contribution in [2.45, 2.75) is 62.8 Å². The number of aliphatic imine (C=N–C) groups is 1. The number of halogens is 2. The van der Waals surface area contributed by atoms with Crippen molar-refractivity contribution in [1.29, 1.82) is 0 Å². The van der Waals surface area contributed by atoms with Crippen LogP contribution in [0.15, 0.2) is 46.0 Å². The Morgan fingerprint density at radius 3 is 2.33 bits per heavy atom. The summed E-state index contributed by atoms with van der Waals surface area (Å²) in [5.41, 5.74) is 7.69. The molecule has 0 radical (unpaired) electrons. The maximum absolute atomic E-state index is 13.9. The fraction of sp³-hybridized carbons (Fsp3) is 0.545. The predicted molar refractivity (Wildman–Crippen MR) is 179 cm³/mol. The maximum atomic E-state index is 13.9. The van der Waals surface area contributed by atoms with Gasteiger partial charge in [-0.15, -0.1) is 11.3 Å². The number of aryl methyl sites for hydroxylation is 1. The molecule has 2 fully saturated rings. The van der Waals surface area contributed by atoms with E-state index in [-0.39, 0.29) is 39.2 Å². The largest absolute Gasteiger partial charge is 0.468 e. The van der Waals surface area contributed by atoms with E-state index in [1.165, 1.54) is 32.0 Å². The van der Waals surface area contributed by atoms with Crippen molar-refractivity contribution in [1.82, 2.24) is 14.8 Å². The van der Waals surface area contributed by atoms with Crippen molar-refractivity contribution in [2.24, 2.45) is 16.6 Å². The monoisotopic (exact) mass is 689 g/mol. The summed E-state index contributed by atoms with van der Waals surface area (Å²) in [7, 11) is 2.54. The Bertz CT molecular complexity index is 1460. The Morgan fingerprint density at radius 1 is 1.02 bits per heavy atom. The number of amides is 1. The summed E-state index contributed by atoms with van der Waals surface area (Å²) in [6.07, 6.45) is 8.04. The smallest absolute Gasteiger partial charge is 0.336 e. The van der Waals surface area contributed by atoms with Gasteiger partial charge in [0.25, 0.3) is 0 Å². The fourth-order valence-electron chi connectivity index (χ4n) is 6.94. The van der Waals surface area contributed by atoms with Crippen LogP contribution in [-0.2, 0) is 30.3 Å². The highest BCUT2D eigenvalue weighted by Gasteiger charge is 2.46. The highest BCUT2D eigenvalue weighted by molar-refractivity contribution is 7.09. The molecule has 2 aromatic rings. The van der Waals surface area contributed by atoms with E-state index in [0.717, 1.165) is 50.3 Å². The summed E-state index contributed by atoms with van der Waals surface area (Å²) in [5.74, 6) is -3.49. The molecule has 1 aromatic heterocycles. The van der Waals surface area contributed by atoms with E-state index in [4.69, 9.17) is 43.4 Å². The average molecular weight is 691 g/mol. The molecule has 5 rings (SSSR count). The van der Waals surface area contributed by atoms with E-state index < -0.39 is 23.8 Å². The lowest BCUT2D eigenvalue weighted by molar-refractivity contribution is -0.143. The van der Waals surface area contributed by atoms with Crippen molar-refractivity contribution in [3.63, 3.8) is 0 Å². The van der Waals surface area contributed by atoms with Crippen LogP contribution in [0.5, 0.6) is 0 Å². The van der Waals surface area contributed by atoms with Crippen LogP contribution in [0.1, 0.15) is 61.4 Å². The molecule has 10 nitrogen and oxygen atoms in total. The number of piperazine rings is 1. The van der Waals surface area contributed by atoms with Gasteiger partial charge in [-0.2, -0.15) is 0 Å². The van der Waals surface area contributed by atoms with Crippen LogP contribution in [0.25, 0.3) is 0 Å². The lowest BCUT2D eigenvalue weighted by Crippen LogP contribution is -2.56. The van der Waals surface area contributed by atoms with Gasteiger partial charge in [0.15, 0.2) is 0 Å². The van der Waals surface area contributed by atoms with E-state index >= 15 is 0 Å². The van der Waals surface area contributed by atoms with Crippen LogP contribution in [0.3, 0.4) is 0 Å². The molecule has 2 aliphatic heterocycles. The van der Waals surface area contributed by atoms with Crippen LogP contribution in [-0.4, -0.2) is 90.8 Å². The number of benzene rings is 1. The summed E-state index contributed by atoms with van der Waals surface area (Å²) in [6, 6.07) is 4.99. The number of ether oxygens (including phenoxy) is 2. The first-order valence-corrected chi connectivity index (χ1v) is 17.4. The van der Waals surface area contributed by atoms with Gasteiger partial charge in [0.05, 0.1) is 36.9 Å². The van der Waals surface area contributed by atoms with Crippen molar-refractivity contribution >= 4 is 58.1 Å². The van der Waals surface area contributed by atoms with Crippen molar-refractivity contribution in [2.75, 3.05) is 46.9 Å². The molecule has 2 unspecified atom stereocenters. The van der Waals surface area contributed by atoms with Crippen LogP contribution < -0.4 is 5.73 Å². The minimum absolute atomic E-state index is 0.0697. The number of methoxy groups -OCH3 is 2. The lowest BCUT2D eigenvalue weighted by Gasteiger charge is -2.42. The van der Waals surface area contributed by atoms with Gasteiger partial charge in [-0.1, -0.05) is 48.5 Å². The molecule has 1 saturated heterocycles. The third-order valence-corrected chi connectivity index (χ3v) is 10.8. The average Bonchev–Trinajstić information content (AvgIpc) is 3.57. The molecule has 0 spiro atoms. The van der Waals surface area contributed by atoms with E-state index in [0.29, 0.717) is 37.2 Å². The number of nitrogens with two attached hydrogens (primary N) is 1. The van der Waals surface area contributed by atoms with E-state index in [1.54, 1.807) is 29.3 Å². The molecule has 0 bridgehead atoms. The second kappa shape index (κ2) is 15.4. The minimum Gasteiger partial charge on any atom is -0.468 e.